The number of hydrazone groups is 1. The Morgan fingerprint density at radius 3 is 2.38 bits per heavy atom. The Morgan fingerprint density at radius 1 is 0.973 bits per heavy atom. The highest BCUT2D eigenvalue weighted by Crippen LogP contribution is 2.49. The standard InChI is InChI=1S/C30H27IN2O4/c1-2-36-25-15-18(16-32-33-29(34)26-20-10-11-21(13-12-20)27(26)30(33)35)14-24(31)28(25)37-17-22-8-5-7-19-6-3-4-9-23(19)22/h3-11,14-16,20-21,26-27H,2,12-13,17H2,1H3/b32-16-/t20-,21-,26-,27+/m0/s1. The van der Waals surface area contributed by atoms with E-state index in [1.807, 2.05) is 37.3 Å². The van der Waals surface area contributed by atoms with Crippen LogP contribution < -0.4 is 9.47 Å². The number of ether oxygens (including phenoxy) is 2. The first-order valence-electron chi connectivity index (χ1n) is 12.7. The molecule has 1 saturated carbocycles. The highest BCUT2D eigenvalue weighted by atomic mass is 127. The van der Waals surface area contributed by atoms with Crippen molar-refractivity contribution in [3.8, 4) is 11.5 Å². The van der Waals surface area contributed by atoms with Crippen molar-refractivity contribution in [3.05, 3.63) is 81.4 Å². The van der Waals surface area contributed by atoms with Gasteiger partial charge in [0.2, 0.25) is 0 Å². The van der Waals surface area contributed by atoms with Crippen LogP contribution in [0, 0.1) is 27.2 Å². The Labute approximate surface area is 229 Å². The minimum Gasteiger partial charge on any atom is -0.490 e. The van der Waals surface area contributed by atoms with Gasteiger partial charge in [0.15, 0.2) is 11.5 Å². The van der Waals surface area contributed by atoms with Crippen LogP contribution in [0.4, 0.5) is 0 Å². The fourth-order valence-corrected chi connectivity index (χ4v) is 6.71. The van der Waals surface area contributed by atoms with Crippen LogP contribution in [-0.2, 0) is 16.2 Å². The molecule has 37 heavy (non-hydrogen) atoms. The fraction of sp³-hybridized carbons (Fsp3) is 0.300. The summed E-state index contributed by atoms with van der Waals surface area (Å²) >= 11 is 2.23. The van der Waals surface area contributed by atoms with Crippen molar-refractivity contribution in [3.63, 3.8) is 0 Å². The zero-order valence-corrected chi connectivity index (χ0v) is 22.6. The van der Waals surface area contributed by atoms with E-state index in [1.54, 1.807) is 6.21 Å². The smallest absolute Gasteiger partial charge is 0.254 e. The predicted octanol–water partition coefficient (Wildman–Crippen LogP) is 5.95. The summed E-state index contributed by atoms with van der Waals surface area (Å²) in [6, 6.07) is 18.2. The summed E-state index contributed by atoms with van der Waals surface area (Å²) in [5.41, 5.74) is 1.83. The lowest BCUT2D eigenvalue weighted by Gasteiger charge is -2.37. The maximum Gasteiger partial charge on any atom is 0.254 e. The number of rotatable bonds is 7. The SMILES string of the molecule is CCOc1cc(/C=N\N2C(=O)[C@@H]3[C@H](C2=O)[C@H]2C=C[C@H]3CC2)cc(I)c1OCc1cccc2ccccc12. The summed E-state index contributed by atoms with van der Waals surface area (Å²) < 4.78 is 13.0. The zero-order chi connectivity index (χ0) is 25.5. The second kappa shape index (κ2) is 9.93. The second-order valence-electron chi connectivity index (χ2n) is 9.76. The summed E-state index contributed by atoms with van der Waals surface area (Å²) in [6.07, 6.45) is 7.73. The van der Waals surface area contributed by atoms with Crippen molar-refractivity contribution in [2.75, 3.05) is 6.61 Å². The van der Waals surface area contributed by atoms with Gasteiger partial charge >= 0.3 is 0 Å². The van der Waals surface area contributed by atoms with Gasteiger partial charge in [0.1, 0.15) is 6.61 Å². The van der Waals surface area contributed by atoms with Crippen LogP contribution >= 0.6 is 22.6 Å². The van der Waals surface area contributed by atoms with Crippen LogP contribution in [0.5, 0.6) is 11.5 Å². The Kier molecular flexibility index (Phi) is 6.48. The number of hydrogen-bond donors (Lipinski definition) is 0. The molecule has 1 aliphatic heterocycles. The predicted molar refractivity (Wildman–Crippen MR) is 150 cm³/mol. The van der Waals surface area contributed by atoms with Gasteiger partial charge in [0.25, 0.3) is 11.8 Å². The average molecular weight is 606 g/mol. The van der Waals surface area contributed by atoms with Gasteiger partial charge in [-0.05, 0) is 88.2 Å². The molecule has 2 bridgehead atoms. The van der Waals surface area contributed by atoms with Gasteiger partial charge in [-0.25, -0.2) is 0 Å². The Balaban J connectivity index is 1.24. The number of fused-ring (bicyclic) bond motifs is 2. The molecule has 0 spiro atoms. The minimum absolute atomic E-state index is 0.148. The van der Waals surface area contributed by atoms with E-state index in [1.165, 1.54) is 5.39 Å². The molecule has 4 atom stereocenters. The Hall–Kier alpha value is -3.20. The van der Waals surface area contributed by atoms with Crippen molar-refractivity contribution in [2.45, 2.75) is 26.4 Å². The van der Waals surface area contributed by atoms with Gasteiger partial charge < -0.3 is 9.47 Å². The Bertz CT molecular complexity index is 1410. The van der Waals surface area contributed by atoms with Crippen molar-refractivity contribution in [1.29, 1.82) is 0 Å². The van der Waals surface area contributed by atoms with E-state index in [4.69, 9.17) is 9.47 Å². The largest absolute Gasteiger partial charge is 0.490 e. The minimum atomic E-state index is -0.266. The molecule has 3 aliphatic carbocycles. The molecule has 0 unspecified atom stereocenters. The summed E-state index contributed by atoms with van der Waals surface area (Å²) in [4.78, 5) is 26.2. The first kappa shape index (κ1) is 24.2. The van der Waals surface area contributed by atoms with Gasteiger partial charge in [-0.2, -0.15) is 10.1 Å². The highest BCUT2D eigenvalue weighted by molar-refractivity contribution is 14.1. The lowest BCUT2D eigenvalue weighted by atomic mass is 9.63. The summed E-state index contributed by atoms with van der Waals surface area (Å²) in [5.74, 6) is 0.668. The normalized spacial score (nSPS) is 24.3. The zero-order valence-electron chi connectivity index (χ0n) is 20.5. The number of halogens is 1. The van der Waals surface area contributed by atoms with E-state index in [9.17, 15) is 9.59 Å². The molecule has 3 aromatic carbocycles. The number of hydrogen-bond acceptors (Lipinski definition) is 5. The maximum absolute atomic E-state index is 13.1. The molecule has 0 aromatic heterocycles. The molecule has 7 heteroatoms. The molecule has 0 radical (unpaired) electrons. The van der Waals surface area contributed by atoms with Crippen molar-refractivity contribution in [1.82, 2.24) is 5.01 Å². The number of carbonyl (C=O) groups is 2. The molecule has 2 amide bonds. The molecule has 188 valence electrons. The summed E-state index contributed by atoms with van der Waals surface area (Å²) in [6.45, 7) is 2.80. The van der Waals surface area contributed by atoms with Crippen molar-refractivity contribution >= 4 is 51.4 Å². The molecule has 2 fully saturated rings. The first-order chi connectivity index (χ1) is 18.0. The van der Waals surface area contributed by atoms with Gasteiger partial charge in [-0.15, -0.1) is 0 Å². The van der Waals surface area contributed by atoms with E-state index >= 15 is 0 Å². The van der Waals surface area contributed by atoms with E-state index in [0.29, 0.717) is 24.7 Å². The van der Waals surface area contributed by atoms with Crippen LogP contribution in [0.2, 0.25) is 0 Å². The molecular formula is C30H27IN2O4. The molecule has 7 rings (SSSR count). The number of allylic oxidation sites excluding steroid dienone is 2. The van der Waals surface area contributed by atoms with Crippen LogP contribution in [0.1, 0.15) is 30.9 Å². The molecule has 6 nitrogen and oxygen atoms in total. The lowest BCUT2D eigenvalue weighted by Crippen LogP contribution is -2.38. The quantitative estimate of drug-likeness (QED) is 0.144. The lowest BCUT2D eigenvalue weighted by molar-refractivity contribution is -0.140. The molecule has 3 aromatic rings. The van der Waals surface area contributed by atoms with Crippen molar-refractivity contribution < 1.29 is 19.1 Å². The molecule has 4 aliphatic rings. The monoisotopic (exact) mass is 606 g/mol. The van der Waals surface area contributed by atoms with E-state index < -0.39 is 0 Å². The van der Waals surface area contributed by atoms with Crippen LogP contribution in [0.25, 0.3) is 10.8 Å². The summed E-state index contributed by atoms with van der Waals surface area (Å²) in [5, 5.41) is 7.78. The first-order valence-corrected chi connectivity index (χ1v) is 13.8. The third kappa shape index (κ3) is 4.33. The number of amides is 2. The van der Waals surface area contributed by atoms with E-state index in [-0.39, 0.29) is 35.5 Å². The van der Waals surface area contributed by atoms with Crippen LogP contribution in [-0.4, -0.2) is 29.6 Å². The van der Waals surface area contributed by atoms with Gasteiger partial charge in [-0.3, -0.25) is 9.59 Å². The topological polar surface area (TPSA) is 68.2 Å². The fourth-order valence-electron chi connectivity index (χ4n) is 5.93. The number of benzene rings is 3. The highest BCUT2D eigenvalue weighted by Gasteiger charge is 2.56. The average Bonchev–Trinajstić information content (AvgIpc) is 3.19. The molecule has 1 heterocycles. The van der Waals surface area contributed by atoms with Gasteiger partial charge in [-0.1, -0.05) is 54.6 Å². The Morgan fingerprint density at radius 2 is 1.68 bits per heavy atom. The van der Waals surface area contributed by atoms with Crippen molar-refractivity contribution in [2.24, 2.45) is 28.8 Å². The van der Waals surface area contributed by atoms with Crippen LogP contribution in [0.15, 0.2) is 71.9 Å². The number of carbonyl (C=O) groups excluding carboxylic acids is 2. The number of nitrogens with zero attached hydrogens (tertiary/aromatic N) is 2. The van der Waals surface area contributed by atoms with Gasteiger partial charge in [0, 0.05) is 0 Å². The van der Waals surface area contributed by atoms with Crippen LogP contribution in [0.3, 0.4) is 0 Å². The van der Waals surface area contributed by atoms with Gasteiger partial charge in [0.05, 0.1) is 28.2 Å². The van der Waals surface area contributed by atoms with E-state index in [2.05, 4.69) is 64.1 Å². The third-order valence-electron chi connectivity index (χ3n) is 7.64. The third-order valence-corrected chi connectivity index (χ3v) is 8.44. The number of imide groups is 1. The molecule has 0 N–H and O–H groups in total. The molecular weight excluding hydrogens is 579 g/mol. The molecule has 1 saturated heterocycles. The summed E-state index contributed by atoms with van der Waals surface area (Å²) in [7, 11) is 0. The van der Waals surface area contributed by atoms with E-state index in [0.717, 1.165) is 37.9 Å². The maximum atomic E-state index is 13.1. The second-order valence-corrected chi connectivity index (χ2v) is 10.9.